The molecule has 0 fully saturated rings. The highest BCUT2D eigenvalue weighted by Crippen LogP contribution is 2.46. The van der Waals surface area contributed by atoms with Crippen molar-refractivity contribution < 1.29 is 0 Å². The van der Waals surface area contributed by atoms with Gasteiger partial charge in [0.25, 0.3) is 0 Å². The number of fused-ring (bicyclic) bond motifs is 11. The number of aromatic nitrogens is 2. The van der Waals surface area contributed by atoms with Gasteiger partial charge in [-0.3, -0.25) is 9.97 Å². The van der Waals surface area contributed by atoms with E-state index in [4.69, 9.17) is 0 Å². The van der Waals surface area contributed by atoms with Gasteiger partial charge < -0.3 is 4.81 Å². The number of hydrogen-bond acceptors (Lipinski definition) is 3. The van der Waals surface area contributed by atoms with E-state index < -0.39 is 0 Å². The Bertz CT molecular complexity index is 1850. The molecule has 2 aromatic heterocycles. The van der Waals surface area contributed by atoms with E-state index in [1.807, 2.05) is 36.8 Å². The molecule has 8 rings (SSSR count). The van der Waals surface area contributed by atoms with Crippen molar-refractivity contribution in [1.29, 1.82) is 0 Å². The number of benzene rings is 4. The van der Waals surface area contributed by atoms with Gasteiger partial charge in [-0.05, 0) is 64.0 Å². The van der Waals surface area contributed by atoms with Crippen LogP contribution in [0.15, 0.2) is 134 Å². The highest BCUT2D eigenvalue weighted by atomic mass is 15.1. The summed E-state index contributed by atoms with van der Waals surface area (Å²) >= 11 is 0. The van der Waals surface area contributed by atoms with E-state index in [1.165, 1.54) is 44.6 Å². The number of para-hydroxylation sites is 1. The average molecular weight is 483 g/mol. The molecule has 0 aliphatic carbocycles. The van der Waals surface area contributed by atoms with Gasteiger partial charge in [-0.15, -0.1) is 0 Å². The summed E-state index contributed by atoms with van der Waals surface area (Å²) in [6.45, 7) is 0.129. The molecule has 2 aliphatic heterocycles. The van der Waals surface area contributed by atoms with Crippen molar-refractivity contribution in [3.05, 3.63) is 134 Å². The molecule has 0 radical (unpaired) electrons. The molecule has 0 unspecified atom stereocenters. The summed E-state index contributed by atoms with van der Waals surface area (Å²) in [7, 11) is 0. The van der Waals surface area contributed by atoms with Crippen molar-refractivity contribution in [2.75, 3.05) is 4.81 Å². The second-order valence-electron chi connectivity index (χ2n) is 9.87. The standard InChI is InChI=1S/C34H22BN3/c1-4-12-30-26(9-1)28-11-3-6-15-33(28)38-34-17-16-23(20-29(34)27-10-2-5-13-31(27)35(30)38)24-19-25(22-36-21-24)32-14-7-8-18-37-32/h1-22H. The van der Waals surface area contributed by atoms with Crippen molar-refractivity contribution in [2.45, 2.75) is 0 Å². The molecule has 6 aromatic rings. The van der Waals surface area contributed by atoms with Crippen LogP contribution >= 0.6 is 0 Å². The number of hydrogen-bond donors (Lipinski definition) is 0. The zero-order chi connectivity index (χ0) is 25.1. The zero-order valence-electron chi connectivity index (χ0n) is 20.6. The van der Waals surface area contributed by atoms with E-state index in [2.05, 4.69) is 112 Å². The third-order valence-corrected chi connectivity index (χ3v) is 7.80. The molecule has 0 saturated carbocycles. The Morgan fingerprint density at radius 2 is 1.16 bits per heavy atom. The predicted octanol–water partition coefficient (Wildman–Crippen LogP) is 6.72. The number of anilines is 2. The summed E-state index contributed by atoms with van der Waals surface area (Å²) in [5.41, 5.74) is 14.5. The zero-order valence-corrected chi connectivity index (χ0v) is 20.6. The second kappa shape index (κ2) is 8.29. The quantitative estimate of drug-likeness (QED) is 0.256. The third kappa shape index (κ3) is 3.10. The molecule has 0 saturated heterocycles. The lowest BCUT2D eigenvalue weighted by Gasteiger charge is -2.43. The molecular formula is C34H22BN3. The van der Waals surface area contributed by atoms with E-state index in [-0.39, 0.29) is 6.85 Å². The lowest BCUT2D eigenvalue weighted by Crippen LogP contribution is -2.59. The molecule has 0 amide bonds. The molecule has 4 heteroatoms. The van der Waals surface area contributed by atoms with Crippen LogP contribution in [-0.2, 0) is 0 Å². The molecule has 4 aromatic carbocycles. The van der Waals surface area contributed by atoms with Crippen LogP contribution in [0, 0.1) is 0 Å². The minimum absolute atomic E-state index is 0.129. The number of pyridine rings is 2. The smallest absolute Gasteiger partial charge is 0.329 e. The first kappa shape index (κ1) is 21.2. The summed E-state index contributed by atoms with van der Waals surface area (Å²) in [4.78, 5) is 11.6. The van der Waals surface area contributed by atoms with Gasteiger partial charge in [-0.2, -0.15) is 0 Å². The first-order valence-corrected chi connectivity index (χ1v) is 12.9. The molecular weight excluding hydrogens is 461 g/mol. The molecule has 4 heterocycles. The lowest BCUT2D eigenvalue weighted by molar-refractivity contribution is 1.28. The maximum Gasteiger partial charge on any atom is 0.329 e. The molecule has 38 heavy (non-hydrogen) atoms. The lowest BCUT2D eigenvalue weighted by atomic mass is 9.43. The Labute approximate surface area is 222 Å². The van der Waals surface area contributed by atoms with Crippen LogP contribution in [-0.4, -0.2) is 16.8 Å². The molecule has 0 atom stereocenters. The predicted molar refractivity (Wildman–Crippen MR) is 157 cm³/mol. The van der Waals surface area contributed by atoms with Gasteiger partial charge in [0, 0.05) is 52.2 Å². The summed E-state index contributed by atoms with van der Waals surface area (Å²) in [5.74, 6) is 0. The topological polar surface area (TPSA) is 29.0 Å². The van der Waals surface area contributed by atoms with Crippen molar-refractivity contribution in [2.24, 2.45) is 0 Å². The SMILES string of the molecule is c1ccc(-c2cncc(-c3ccc4c(c3)-c3ccccc3B3c5ccccc5-c5ccccc5N34)c2)nc1. The molecule has 3 nitrogen and oxygen atoms in total. The summed E-state index contributed by atoms with van der Waals surface area (Å²) < 4.78 is 0. The van der Waals surface area contributed by atoms with Crippen LogP contribution in [0.25, 0.3) is 44.6 Å². The molecule has 2 aliphatic rings. The third-order valence-electron chi connectivity index (χ3n) is 7.80. The molecule has 0 spiro atoms. The van der Waals surface area contributed by atoms with Crippen LogP contribution in [0.4, 0.5) is 11.4 Å². The van der Waals surface area contributed by atoms with Crippen molar-refractivity contribution >= 4 is 29.1 Å². The van der Waals surface area contributed by atoms with E-state index in [0.29, 0.717) is 0 Å². The fourth-order valence-electron chi connectivity index (χ4n) is 6.14. The maximum absolute atomic E-state index is 4.56. The Hall–Kier alpha value is -4.96. The summed E-state index contributed by atoms with van der Waals surface area (Å²) in [6, 6.07) is 41.5. The fraction of sp³-hybridized carbons (Fsp3) is 0. The van der Waals surface area contributed by atoms with Gasteiger partial charge in [0.2, 0.25) is 0 Å². The maximum atomic E-state index is 4.56. The normalized spacial score (nSPS) is 12.6. The van der Waals surface area contributed by atoms with Gasteiger partial charge in [0.15, 0.2) is 0 Å². The summed E-state index contributed by atoms with van der Waals surface area (Å²) in [6.07, 6.45) is 5.65. The van der Waals surface area contributed by atoms with E-state index >= 15 is 0 Å². The van der Waals surface area contributed by atoms with Gasteiger partial charge in [0.1, 0.15) is 0 Å². The number of rotatable bonds is 2. The minimum atomic E-state index is 0.129. The van der Waals surface area contributed by atoms with Gasteiger partial charge in [-0.25, -0.2) is 0 Å². The van der Waals surface area contributed by atoms with E-state index in [0.717, 1.165) is 22.4 Å². The Balaban J connectivity index is 1.34. The van der Waals surface area contributed by atoms with E-state index in [9.17, 15) is 0 Å². The first-order valence-electron chi connectivity index (χ1n) is 12.9. The van der Waals surface area contributed by atoms with Gasteiger partial charge in [0.05, 0.1) is 5.69 Å². The Morgan fingerprint density at radius 1 is 0.500 bits per heavy atom. The molecule has 176 valence electrons. The van der Waals surface area contributed by atoms with Crippen LogP contribution in [0.2, 0.25) is 0 Å². The van der Waals surface area contributed by atoms with Crippen molar-refractivity contribution in [3.8, 4) is 44.6 Å². The monoisotopic (exact) mass is 483 g/mol. The molecule has 0 N–H and O–H groups in total. The fourth-order valence-corrected chi connectivity index (χ4v) is 6.14. The molecule has 0 bridgehead atoms. The minimum Gasteiger partial charge on any atom is -0.376 e. The number of nitrogens with zero attached hydrogens (tertiary/aromatic N) is 3. The average Bonchev–Trinajstić information content (AvgIpc) is 3.01. The van der Waals surface area contributed by atoms with Crippen molar-refractivity contribution in [3.63, 3.8) is 0 Å². The van der Waals surface area contributed by atoms with Crippen LogP contribution in [0.5, 0.6) is 0 Å². The second-order valence-corrected chi connectivity index (χ2v) is 9.87. The van der Waals surface area contributed by atoms with Gasteiger partial charge in [-0.1, -0.05) is 78.9 Å². The first-order chi connectivity index (χ1) is 18.9. The highest BCUT2D eigenvalue weighted by molar-refractivity contribution is 6.92. The van der Waals surface area contributed by atoms with Gasteiger partial charge >= 0.3 is 6.85 Å². The van der Waals surface area contributed by atoms with E-state index in [1.54, 1.807) is 0 Å². The largest absolute Gasteiger partial charge is 0.376 e. The Kier molecular flexibility index (Phi) is 4.62. The van der Waals surface area contributed by atoms with Crippen molar-refractivity contribution in [1.82, 2.24) is 9.97 Å². The van der Waals surface area contributed by atoms with Crippen LogP contribution in [0.3, 0.4) is 0 Å². The van der Waals surface area contributed by atoms with Crippen LogP contribution in [0.1, 0.15) is 0 Å². The van der Waals surface area contributed by atoms with Crippen LogP contribution < -0.4 is 15.7 Å². The highest BCUT2D eigenvalue weighted by Gasteiger charge is 2.41. The Morgan fingerprint density at radius 3 is 1.95 bits per heavy atom. The summed E-state index contributed by atoms with van der Waals surface area (Å²) in [5, 5.41) is 0.